The fraction of sp³-hybridized carbons (Fsp3) is 0.425. The molecule has 16 heteroatoms. The fourth-order valence-corrected chi connectivity index (χ4v) is 9.63. The summed E-state index contributed by atoms with van der Waals surface area (Å²) in [5.74, 6) is 0.830. The van der Waals surface area contributed by atoms with E-state index in [0.717, 1.165) is 89.5 Å². The third kappa shape index (κ3) is 6.91. The quantitative estimate of drug-likeness (QED) is 0.199. The molecule has 2 amide bonds. The average molecular weight is 768 g/mol. The molecular weight excluding hydrogens is 727 g/mol. The Kier molecular flexibility index (Phi) is 9.52. The number of rotatable bonds is 9. The van der Waals surface area contributed by atoms with Crippen LogP contribution < -0.4 is 20.4 Å². The number of nitriles is 2. The first kappa shape index (κ1) is 35.7. The van der Waals surface area contributed by atoms with Gasteiger partial charge in [0.2, 0.25) is 16.9 Å². The van der Waals surface area contributed by atoms with Crippen molar-refractivity contribution in [3.8, 4) is 34.1 Å². The Labute approximate surface area is 328 Å². The van der Waals surface area contributed by atoms with Crippen LogP contribution in [-0.2, 0) is 9.59 Å². The number of nitrogens with one attached hydrogen (secondary N) is 2. The van der Waals surface area contributed by atoms with Gasteiger partial charge in [-0.15, -0.1) is 10.2 Å². The molecule has 56 heavy (non-hydrogen) atoms. The van der Waals surface area contributed by atoms with Crippen molar-refractivity contribution in [2.24, 2.45) is 5.92 Å². The zero-order valence-corrected chi connectivity index (χ0v) is 31.8. The maximum absolute atomic E-state index is 12.3. The molecule has 5 aromatic heterocycles. The van der Waals surface area contributed by atoms with E-state index in [0.29, 0.717) is 42.1 Å². The zero-order valence-electron chi connectivity index (χ0n) is 31.0. The van der Waals surface area contributed by atoms with Crippen molar-refractivity contribution >= 4 is 45.3 Å². The van der Waals surface area contributed by atoms with Gasteiger partial charge in [-0.3, -0.25) is 24.8 Å². The molecular formula is C40H41N13O2S. The Bertz CT molecular complexity index is 2360. The lowest BCUT2D eigenvalue weighted by Crippen LogP contribution is -2.55. The molecule has 4 fully saturated rings. The summed E-state index contributed by atoms with van der Waals surface area (Å²) in [6.45, 7) is 6.68. The van der Waals surface area contributed by atoms with Gasteiger partial charge in [-0.2, -0.15) is 15.6 Å². The molecule has 0 spiro atoms. The number of aromatic nitrogens is 6. The van der Waals surface area contributed by atoms with E-state index in [2.05, 4.69) is 52.8 Å². The SMILES string of the molecule is C[C@H](C#N)Nc1cc(-c2ccc3cc(C#N)cnn23)ncc1-c1nnc(N2CC3CCC(C2)N3CC2CCN(c3ccc([C@H]4CCC(=O)NC4=O)cn3)CC2)s1. The molecule has 0 radical (unpaired) electrons. The van der Waals surface area contributed by atoms with Gasteiger partial charge in [-0.05, 0) is 80.8 Å². The van der Waals surface area contributed by atoms with Gasteiger partial charge in [0, 0.05) is 69.3 Å². The number of nitrogens with zero attached hydrogens (tertiary/aromatic N) is 11. The Hall–Kier alpha value is -5.97. The van der Waals surface area contributed by atoms with Crippen LogP contribution in [0.25, 0.3) is 27.5 Å². The molecule has 2 unspecified atom stereocenters. The van der Waals surface area contributed by atoms with Gasteiger partial charge >= 0.3 is 0 Å². The number of anilines is 3. The predicted molar refractivity (Wildman–Crippen MR) is 211 cm³/mol. The molecule has 9 rings (SSSR count). The first-order valence-corrected chi connectivity index (χ1v) is 20.1. The Morgan fingerprint density at radius 2 is 1.77 bits per heavy atom. The van der Waals surface area contributed by atoms with Crippen LogP contribution >= 0.6 is 11.3 Å². The molecule has 5 aromatic rings. The van der Waals surface area contributed by atoms with E-state index >= 15 is 0 Å². The van der Waals surface area contributed by atoms with Crippen molar-refractivity contribution < 1.29 is 9.59 Å². The van der Waals surface area contributed by atoms with Crippen LogP contribution in [0, 0.1) is 28.6 Å². The lowest BCUT2D eigenvalue weighted by Gasteiger charge is -2.43. The molecule has 15 nitrogen and oxygen atoms in total. The second-order valence-corrected chi connectivity index (χ2v) is 16.2. The highest BCUT2D eigenvalue weighted by Crippen LogP contribution is 2.39. The van der Waals surface area contributed by atoms with Gasteiger partial charge in [-0.25, -0.2) is 9.50 Å². The summed E-state index contributed by atoms with van der Waals surface area (Å²) in [6, 6.07) is 16.5. The van der Waals surface area contributed by atoms with E-state index < -0.39 is 6.04 Å². The molecule has 0 saturated carbocycles. The van der Waals surface area contributed by atoms with Crippen molar-refractivity contribution in [3.05, 3.63) is 66.1 Å². The van der Waals surface area contributed by atoms with Crippen molar-refractivity contribution in [1.29, 1.82) is 10.5 Å². The number of hydrogen-bond donors (Lipinski definition) is 2. The number of fused-ring (bicyclic) bond motifs is 3. The second kappa shape index (κ2) is 14.9. The van der Waals surface area contributed by atoms with E-state index in [4.69, 9.17) is 9.97 Å². The zero-order chi connectivity index (χ0) is 38.3. The van der Waals surface area contributed by atoms with E-state index in [1.165, 1.54) is 19.0 Å². The minimum atomic E-state index is -0.442. The predicted octanol–water partition coefficient (Wildman–Crippen LogP) is 4.60. The van der Waals surface area contributed by atoms with Gasteiger partial charge in [0.15, 0.2) is 5.01 Å². The summed E-state index contributed by atoms with van der Waals surface area (Å²) in [5, 5.41) is 40.1. The topological polar surface area (TPSA) is 184 Å². The first-order valence-electron chi connectivity index (χ1n) is 19.3. The van der Waals surface area contributed by atoms with Gasteiger partial charge in [-0.1, -0.05) is 17.4 Å². The number of hydrogen-bond acceptors (Lipinski definition) is 14. The standard InChI is InChI=1S/C40H41N13O2S/c1-24(16-41)46-33-15-34(35-7-5-28-14-26(17-42)18-45-53(28)35)43-20-32(33)39-48-49-40(56-39)51-22-29-3-4-30(23-51)52(29)21-25-10-12-50(13-11-25)36-8-2-27(19-44-36)31-6-9-37(54)47-38(31)55/h2,5,7-8,14-15,18-20,24-25,29-31H,3-4,6,9-13,21-23H2,1H3,(H,43,46)(H,47,54,55)/t24-,29?,30?,31-/m1/s1. The first-order chi connectivity index (χ1) is 27.3. The highest BCUT2D eigenvalue weighted by Gasteiger charge is 2.42. The largest absolute Gasteiger partial charge is 0.369 e. The Morgan fingerprint density at radius 3 is 2.50 bits per heavy atom. The average Bonchev–Trinajstić information content (AvgIpc) is 3.93. The normalized spacial score (nSPS) is 22.2. The number of carbonyl (C=O) groups excluding carboxylic acids is 2. The number of amides is 2. The van der Waals surface area contributed by atoms with Crippen molar-refractivity contribution in [3.63, 3.8) is 0 Å². The molecule has 0 aliphatic carbocycles. The Morgan fingerprint density at radius 1 is 0.946 bits per heavy atom. The van der Waals surface area contributed by atoms with E-state index in [1.54, 1.807) is 34.3 Å². The van der Waals surface area contributed by atoms with Gasteiger partial charge < -0.3 is 15.1 Å². The summed E-state index contributed by atoms with van der Waals surface area (Å²) in [5.41, 5.74) is 5.13. The maximum atomic E-state index is 12.3. The van der Waals surface area contributed by atoms with E-state index in [-0.39, 0.29) is 17.7 Å². The number of pyridine rings is 2. The van der Waals surface area contributed by atoms with Gasteiger partial charge in [0.25, 0.3) is 0 Å². The third-order valence-corrected chi connectivity index (χ3v) is 12.7. The van der Waals surface area contributed by atoms with Crippen LogP contribution in [0.2, 0.25) is 0 Å². The molecule has 9 heterocycles. The van der Waals surface area contributed by atoms with Crippen LogP contribution in [0.15, 0.2) is 55.0 Å². The molecule has 4 aliphatic rings. The smallest absolute Gasteiger partial charge is 0.234 e. The lowest BCUT2D eigenvalue weighted by molar-refractivity contribution is -0.134. The van der Waals surface area contributed by atoms with E-state index in [1.807, 2.05) is 37.3 Å². The lowest BCUT2D eigenvalue weighted by atomic mass is 9.91. The number of imide groups is 1. The summed E-state index contributed by atoms with van der Waals surface area (Å²) >= 11 is 1.56. The van der Waals surface area contributed by atoms with Gasteiger partial charge in [0.05, 0.1) is 46.2 Å². The Balaban J connectivity index is 0.836. The van der Waals surface area contributed by atoms with Crippen LogP contribution in [0.1, 0.15) is 62.5 Å². The molecule has 2 bridgehead atoms. The van der Waals surface area contributed by atoms with Crippen LogP contribution in [0.5, 0.6) is 0 Å². The number of piperazine rings is 1. The van der Waals surface area contributed by atoms with Crippen molar-refractivity contribution in [1.82, 2.24) is 40.0 Å². The third-order valence-electron chi connectivity index (χ3n) is 11.7. The van der Waals surface area contributed by atoms with Crippen LogP contribution in [-0.4, -0.2) is 97.3 Å². The molecule has 0 aromatic carbocycles. The van der Waals surface area contributed by atoms with Gasteiger partial charge in [0.1, 0.15) is 17.9 Å². The number of carbonyl (C=O) groups is 2. The minimum Gasteiger partial charge on any atom is -0.369 e. The van der Waals surface area contributed by atoms with Crippen molar-refractivity contribution in [2.45, 2.75) is 69.5 Å². The number of piperidine rings is 2. The van der Waals surface area contributed by atoms with Crippen LogP contribution in [0.4, 0.5) is 16.6 Å². The minimum absolute atomic E-state index is 0.202. The molecule has 4 aliphatic heterocycles. The molecule has 2 N–H and O–H groups in total. The molecule has 4 saturated heterocycles. The highest BCUT2D eigenvalue weighted by atomic mass is 32.1. The summed E-state index contributed by atoms with van der Waals surface area (Å²) in [6.07, 6.45) is 10.6. The van der Waals surface area contributed by atoms with Crippen LogP contribution in [0.3, 0.4) is 0 Å². The molecule has 4 atom stereocenters. The van der Waals surface area contributed by atoms with E-state index in [9.17, 15) is 20.1 Å². The fourth-order valence-electron chi connectivity index (χ4n) is 8.75. The maximum Gasteiger partial charge on any atom is 0.234 e. The summed E-state index contributed by atoms with van der Waals surface area (Å²) in [4.78, 5) is 40.9. The monoisotopic (exact) mass is 767 g/mol. The van der Waals surface area contributed by atoms with Crippen molar-refractivity contribution in [2.75, 3.05) is 47.8 Å². The summed E-state index contributed by atoms with van der Waals surface area (Å²) in [7, 11) is 0. The molecule has 284 valence electrons. The highest BCUT2D eigenvalue weighted by molar-refractivity contribution is 7.18. The summed E-state index contributed by atoms with van der Waals surface area (Å²) < 4.78 is 1.76. The second-order valence-electron chi connectivity index (χ2n) is 15.3.